The standard InChI is InChI=1S/C28H27N5O5/c1-16-24(27(35)30-22-10-5-6-11-23(22)38-4)25(17-8-7-9-19(34)12-17)33-28(29-16)31-26(32-33)18-13-20(36-2)15-21(14-18)37-3/h5-15,25,34H,1-4H3,(H,30,35)(H,29,31,32). The van der Waals surface area contributed by atoms with Crippen LogP contribution >= 0.6 is 0 Å². The van der Waals surface area contributed by atoms with Crippen LogP contribution in [0.1, 0.15) is 18.5 Å². The van der Waals surface area contributed by atoms with Crippen molar-refractivity contribution >= 4 is 17.5 Å². The van der Waals surface area contributed by atoms with Gasteiger partial charge in [-0.05, 0) is 48.9 Å². The van der Waals surface area contributed by atoms with Gasteiger partial charge in [-0.1, -0.05) is 24.3 Å². The Morgan fingerprint density at radius 3 is 2.39 bits per heavy atom. The number of phenolic OH excluding ortho intramolecular Hbond substituents is 1. The highest BCUT2D eigenvalue weighted by atomic mass is 16.5. The Hall–Kier alpha value is -4.99. The minimum absolute atomic E-state index is 0.0718. The van der Waals surface area contributed by atoms with Gasteiger partial charge < -0.3 is 30.0 Å². The second-order valence-corrected chi connectivity index (χ2v) is 8.62. The smallest absolute Gasteiger partial charge is 0.255 e. The first-order valence-corrected chi connectivity index (χ1v) is 11.8. The molecular weight excluding hydrogens is 486 g/mol. The summed E-state index contributed by atoms with van der Waals surface area (Å²) in [4.78, 5) is 18.5. The molecule has 38 heavy (non-hydrogen) atoms. The zero-order chi connectivity index (χ0) is 26.8. The third kappa shape index (κ3) is 4.59. The number of amides is 1. The Morgan fingerprint density at radius 2 is 1.71 bits per heavy atom. The average molecular weight is 514 g/mol. The number of carbonyl (C=O) groups excluding carboxylic acids is 1. The number of fused-ring (bicyclic) bond motifs is 1. The highest BCUT2D eigenvalue weighted by Crippen LogP contribution is 2.39. The number of benzene rings is 3. The van der Waals surface area contributed by atoms with Crippen molar-refractivity contribution < 1.29 is 24.1 Å². The number of aromatic nitrogens is 3. The Morgan fingerprint density at radius 1 is 0.974 bits per heavy atom. The van der Waals surface area contributed by atoms with Gasteiger partial charge in [0, 0.05) is 17.3 Å². The molecule has 0 saturated carbocycles. The van der Waals surface area contributed by atoms with Crippen LogP contribution in [0, 0.1) is 0 Å². The third-order valence-electron chi connectivity index (χ3n) is 6.25. The van der Waals surface area contributed by atoms with Gasteiger partial charge in [-0.2, -0.15) is 4.98 Å². The molecular formula is C28H27N5O5. The minimum Gasteiger partial charge on any atom is -0.508 e. The number of carbonyl (C=O) groups is 1. The molecule has 1 aliphatic rings. The SMILES string of the molecule is COc1cc(OC)cc(-c2nc3n(n2)C(c2cccc(O)c2)C(C(=O)Nc2ccccc2OC)=C(C)N3)c1. The molecule has 0 radical (unpaired) electrons. The van der Waals surface area contributed by atoms with Gasteiger partial charge in [-0.25, -0.2) is 4.68 Å². The molecule has 1 atom stereocenters. The zero-order valence-electron chi connectivity index (χ0n) is 21.4. The lowest BCUT2D eigenvalue weighted by molar-refractivity contribution is -0.113. The maximum absolute atomic E-state index is 13.7. The number of methoxy groups -OCH3 is 3. The van der Waals surface area contributed by atoms with E-state index < -0.39 is 6.04 Å². The number of rotatable bonds is 7. The Balaban J connectivity index is 1.61. The Bertz CT molecular complexity index is 1520. The summed E-state index contributed by atoms with van der Waals surface area (Å²) in [6.07, 6.45) is 0. The van der Waals surface area contributed by atoms with Crippen LogP contribution in [0.2, 0.25) is 0 Å². The molecule has 2 heterocycles. The van der Waals surface area contributed by atoms with Gasteiger partial charge >= 0.3 is 0 Å². The maximum atomic E-state index is 13.7. The summed E-state index contributed by atoms with van der Waals surface area (Å²) < 4.78 is 17.9. The number of anilines is 2. The molecule has 1 aliphatic heterocycles. The van der Waals surface area contributed by atoms with Crippen LogP contribution in [-0.4, -0.2) is 47.1 Å². The Kier molecular flexibility index (Phi) is 6.61. The largest absolute Gasteiger partial charge is 0.508 e. The molecule has 10 heteroatoms. The summed E-state index contributed by atoms with van der Waals surface area (Å²) in [5, 5.41) is 21.2. The van der Waals surface area contributed by atoms with Crippen LogP contribution in [0.15, 0.2) is 78.0 Å². The fourth-order valence-electron chi connectivity index (χ4n) is 4.44. The van der Waals surface area contributed by atoms with Crippen molar-refractivity contribution in [3.8, 4) is 34.4 Å². The predicted molar refractivity (Wildman–Crippen MR) is 143 cm³/mol. The van der Waals surface area contributed by atoms with Gasteiger partial charge in [0.15, 0.2) is 5.82 Å². The quantitative estimate of drug-likeness (QED) is 0.328. The monoisotopic (exact) mass is 513 g/mol. The first-order chi connectivity index (χ1) is 18.4. The van der Waals surface area contributed by atoms with E-state index in [-0.39, 0.29) is 11.7 Å². The predicted octanol–water partition coefficient (Wildman–Crippen LogP) is 4.60. The lowest BCUT2D eigenvalue weighted by Gasteiger charge is -2.29. The second kappa shape index (κ2) is 10.2. The van der Waals surface area contributed by atoms with Crippen LogP contribution in [0.4, 0.5) is 11.6 Å². The van der Waals surface area contributed by atoms with Crippen molar-refractivity contribution in [3.05, 3.63) is 83.6 Å². The number of allylic oxidation sites excluding steroid dienone is 1. The van der Waals surface area contributed by atoms with Gasteiger partial charge in [0.05, 0.1) is 32.6 Å². The molecule has 3 N–H and O–H groups in total. The summed E-state index contributed by atoms with van der Waals surface area (Å²) in [6.45, 7) is 1.80. The van der Waals surface area contributed by atoms with Crippen molar-refractivity contribution in [2.75, 3.05) is 32.0 Å². The number of ether oxygens (including phenoxy) is 3. The molecule has 0 fully saturated rings. The van der Waals surface area contributed by atoms with Crippen LogP contribution < -0.4 is 24.8 Å². The molecule has 0 aliphatic carbocycles. The van der Waals surface area contributed by atoms with Gasteiger partial charge in [-0.15, -0.1) is 5.10 Å². The molecule has 3 aromatic carbocycles. The third-order valence-corrected chi connectivity index (χ3v) is 6.25. The van der Waals surface area contributed by atoms with Crippen LogP contribution in [0.3, 0.4) is 0 Å². The van der Waals surface area contributed by atoms with Crippen molar-refractivity contribution in [1.82, 2.24) is 14.8 Å². The first kappa shape index (κ1) is 24.7. The van der Waals surface area contributed by atoms with E-state index in [1.54, 1.807) is 69.3 Å². The molecule has 4 aromatic rings. The average Bonchev–Trinajstić information content (AvgIpc) is 3.35. The van der Waals surface area contributed by atoms with Gasteiger partial charge in [0.2, 0.25) is 5.95 Å². The topological polar surface area (TPSA) is 120 Å². The number of aromatic hydroxyl groups is 1. The van der Waals surface area contributed by atoms with Crippen LogP contribution in [0.5, 0.6) is 23.0 Å². The van der Waals surface area contributed by atoms with E-state index in [0.717, 1.165) is 0 Å². The lowest BCUT2D eigenvalue weighted by Crippen LogP contribution is -2.31. The van der Waals surface area contributed by atoms with Gasteiger partial charge in [0.1, 0.15) is 29.0 Å². The highest BCUT2D eigenvalue weighted by Gasteiger charge is 2.35. The number of nitrogens with one attached hydrogen (secondary N) is 2. The van der Waals surface area contributed by atoms with E-state index in [9.17, 15) is 9.90 Å². The van der Waals surface area contributed by atoms with E-state index in [1.165, 1.54) is 0 Å². The van der Waals surface area contributed by atoms with Crippen LogP contribution in [-0.2, 0) is 4.79 Å². The van der Waals surface area contributed by atoms with E-state index in [2.05, 4.69) is 10.6 Å². The zero-order valence-corrected chi connectivity index (χ0v) is 21.4. The summed E-state index contributed by atoms with van der Waals surface area (Å²) >= 11 is 0. The molecule has 1 unspecified atom stereocenters. The van der Waals surface area contributed by atoms with Crippen molar-refractivity contribution in [2.45, 2.75) is 13.0 Å². The summed E-state index contributed by atoms with van der Waals surface area (Å²) in [6, 6.07) is 18.6. The fraction of sp³-hybridized carbons (Fsp3) is 0.179. The second-order valence-electron chi connectivity index (χ2n) is 8.62. The number of nitrogens with zero attached hydrogens (tertiary/aromatic N) is 3. The van der Waals surface area contributed by atoms with Gasteiger partial charge in [0.25, 0.3) is 5.91 Å². The maximum Gasteiger partial charge on any atom is 0.255 e. The molecule has 0 bridgehead atoms. The molecule has 1 aromatic heterocycles. The summed E-state index contributed by atoms with van der Waals surface area (Å²) in [5.41, 5.74) is 2.88. The van der Waals surface area contributed by atoms with E-state index >= 15 is 0 Å². The summed E-state index contributed by atoms with van der Waals surface area (Å²) in [5.74, 6) is 2.30. The number of hydrogen-bond donors (Lipinski definition) is 3. The van der Waals surface area contributed by atoms with Crippen molar-refractivity contribution in [3.63, 3.8) is 0 Å². The normalized spacial score (nSPS) is 14.4. The molecule has 0 saturated heterocycles. The molecule has 10 nitrogen and oxygen atoms in total. The highest BCUT2D eigenvalue weighted by molar-refractivity contribution is 6.06. The Labute approximate surface area is 219 Å². The van der Waals surface area contributed by atoms with Gasteiger partial charge in [-0.3, -0.25) is 4.79 Å². The molecule has 0 spiro atoms. The van der Waals surface area contributed by atoms with Crippen molar-refractivity contribution in [2.24, 2.45) is 0 Å². The number of hydrogen-bond acceptors (Lipinski definition) is 8. The van der Waals surface area contributed by atoms with E-state index in [0.29, 0.717) is 57.1 Å². The summed E-state index contributed by atoms with van der Waals surface area (Å²) in [7, 11) is 4.69. The number of phenols is 1. The molecule has 194 valence electrons. The lowest BCUT2D eigenvalue weighted by atomic mass is 9.95. The first-order valence-electron chi connectivity index (χ1n) is 11.8. The fourth-order valence-corrected chi connectivity index (χ4v) is 4.44. The van der Waals surface area contributed by atoms with Crippen molar-refractivity contribution in [1.29, 1.82) is 0 Å². The minimum atomic E-state index is -0.679. The molecule has 5 rings (SSSR count). The van der Waals surface area contributed by atoms with E-state index in [4.69, 9.17) is 24.3 Å². The number of para-hydroxylation sites is 2. The van der Waals surface area contributed by atoms with E-state index in [1.807, 2.05) is 30.3 Å². The molecule has 1 amide bonds. The van der Waals surface area contributed by atoms with Crippen LogP contribution in [0.25, 0.3) is 11.4 Å².